The Morgan fingerprint density at radius 3 is 2.91 bits per heavy atom. The van der Waals surface area contributed by atoms with Crippen molar-refractivity contribution in [3.63, 3.8) is 0 Å². The topological polar surface area (TPSA) is 59.4 Å². The van der Waals surface area contributed by atoms with Crippen molar-refractivity contribution < 1.29 is 9.52 Å². The van der Waals surface area contributed by atoms with E-state index in [1.54, 1.807) is 6.26 Å². The average molecular weight is 155 g/mol. The molecule has 1 aromatic rings. The summed E-state index contributed by atoms with van der Waals surface area (Å²) in [6.45, 7) is 1.96. The first-order valence-electron chi connectivity index (χ1n) is 3.63. The minimum Gasteiger partial charge on any atom is -0.469 e. The Morgan fingerprint density at radius 1 is 1.73 bits per heavy atom. The van der Waals surface area contributed by atoms with Gasteiger partial charge in [-0.3, -0.25) is 0 Å². The summed E-state index contributed by atoms with van der Waals surface area (Å²) < 4.78 is 5.15. The molecule has 1 rings (SSSR count). The van der Waals surface area contributed by atoms with Gasteiger partial charge in [0.2, 0.25) is 0 Å². The van der Waals surface area contributed by atoms with E-state index >= 15 is 0 Å². The molecule has 62 valence electrons. The lowest BCUT2D eigenvalue weighted by molar-refractivity contribution is 0.260. The molecule has 0 radical (unpaired) electrons. The van der Waals surface area contributed by atoms with Gasteiger partial charge in [-0.05, 0) is 18.6 Å². The maximum absolute atomic E-state index is 8.66. The number of nitrogens with two attached hydrogens (primary N) is 1. The van der Waals surface area contributed by atoms with E-state index in [1.165, 1.54) is 0 Å². The quantitative estimate of drug-likeness (QED) is 0.666. The van der Waals surface area contributed by atoms with Crippen LogP contribution < -0.4 is 5.73 Å². The molecule has 0 amide bonds. The van der Waals surface area contributed by atoms with E-state index in [0.717, 1.165) is 11.3 Å². The lowest BCUT2D eigenvalue weighted by Gasteiger charge is -2.05. The van der Waals surface area contributed by atoms with Crippen LogP contribution in [0.4, 0.5) is 0 Å². The molecule has 0 aliphatic rings. The van der Waals surface area contributed by atoms with Gasteiger partial charge in [-0.15, -0.1) is 0 Å². The predicted molar refractivity (Wildman–Crippen MR) is 42.2 cm³/mol. The van der Waals surface area contributed by atoms with Crippen LogP contribution in [0.25, 0.3) is 0 Å². The molecule has 1 aromatic heterocycles. The van der Waals surface area contributed by atoms with Crippen LogP contribution in [0.1, 0.15) is 11.3 Å². The van der Waals surface area contributed by atoms with Gasteiger partial charge in [0.1, 0.15) is 5.76 Å². The summed E-state index contributed by atoms with van der Waals surface area (Å²) in [5.74, 6) is 0.867. The van der Waals surface area contributed by atoms with Gasteiger partial charge in [0.15, 0.2) is 0 Å². The van der Waals surface area contributed by atoms with Gasteiger partial charge >= 0.3 is 0 Å². The summed E-state index contributed by atoms with van der Waals surface area (Å²) in [6, 6.07) is 1.68. The van der Waals surface area contributed by atoms with Crippen molar-refractivity contribution in [1.29, 1.82) is 0 Å². The van der Waals surface area contributed by atoms with E-state index in [-0.39, 0.29) is 12.6 Å². The molecule has 0 spiro atoms. The van der Waals surface area contributed by atoms with Crippen molar-refractivity contribution in [2.45, 2.75) is 19.4 Å². The molecule has 0 saturated heterocycles. The molecule has 1 atom stereocenters. The minimum absolute atomic E-state index is 0.000139. The summed E-state index contributed by atoms with van der Waals surface area (Å²) in [7, 11) is 0. The molecule has 11 heavy (non-hydrogen) atoms. The summed E-state index contributed by atoms with van der Waals surface area (Å²) in [6.07, 6.45) is 2.24. The Kier molecular flexibility index (Phi) is 2.68. The van der Waals surface area contributed by atoms with Crippen LogP contribution in [0.3, 0.4) is 0 Å². The van der Waals surface area contributed by atoms with Crippen LogP contribution in [0, 0.1) is 6.92 Å². The summed E-state index contributed by atoms with van der Waals surface area (Å²) in [5.41, 5.74) is 6.61. The van der Waals surface area contributed by atoms with Gasteiger partial charge < -0.3 is 15.3 Å². The highest BCUT2D eigenvalue weighted by atomic mass is 16.3. The molecule has 0 aliphatic heterocycles. The van der Waals surface area contributed by atoms with Crippen molar-refractivity contribution >= 4 is 0 Å². The van der Waals surface area contributed by atoms with Gasteiger partial charge in [-0.1, -0.05) is 0 Å². The number of aliphatic hydroxyl groups is 1. The highest BCUT2D eigenvalue weighted by Crippen LogP contribution is 2.09. The van der Waals surface area contributed by atoms with Gasteiger partial charge in [-0.2, -0.15) is 0 Å². The fraction of sp³-hybridized carbons (Fsp3) is 0.500. The van der Waals surface area contributed by atoms with Crippen LogP contribution in [0.2, 0.25) is 0 Å². The molecule has 0 aliphatic carbocycles. The number of aliphatic hydroxyl groups excluding tert-OH is 1. The second-order valence-corrected chi connectivity index (χ2v) is 2.67. The SMILES string of the molecule is Cc1ccoc1CC(N)CO. The Labute approximate surface area is 65.8 Å². The van der Waals surface area contributed by atoms with Crippen molar-refractivity contribution in [3.8, 4) is 0 Å². The number of aryl methyl sites for hydroxylation is 1. The van der Waals surface area contributed by atoms with Crippen LogP contribution in [-0.2, 0) is 6.42 Å². The van der Waals surface area contributed by atoms with Crippen molar-refractivity contribution in [2.75, 3.05) is 6.61 Å². The second-order valence-electron chi connectivity index (χ2n) is 2.67. The molecule has 3 heteroatoms. The lowest BCUT2D eigenvalue weighted by Crippen LogP contribution is -2.26. The van der Waals surface area contributed by atoms with Gasteiger partial charge in [0.05, 0.1) is 12.9 Å². The Bertz CT molecular complexity index is 220. The van der Waals surface area contributed by atoms with Crippen LogP contribution in [0.5, 0.6) is 0 Å². The van der Waals surface area contributed by atoms with E-state index in [1.807, 2.05) is 13.0 Å². The fourth-order valence-electron chi connectivity index (χ4n) is 0.916. The molecule has 1 heterocycles. The van der Waals surface area contributed by atoms with Crippen LogP contribution in [-0.4, -0.2) is 17.8 Å². The summed E-state index contributed by atoms with van der Waals surface area (Å²) >= 11 is 0. The highest BCUT2D eigenvalue weighted by Gasteiger charge is 2.06. The first-order valence-corrected chi connectivity index (χ1v) is 3.63. The zero-order valence-electron chi connectivity index (χ0n) is 6.58. The Morgan fingerprint density at radius 2 is 2.45 bits per heavy atom. The molecule has 0 saturated carbocycles. The van der Waals surface area contributed by atoms with Crippen molar-refractivity contribution in [2.24, 2.45) is 5.73 Å². The number of hydrogen-bond donors (Lipinski definition) is 2. The van der Waals surface area contributed by atoms with E-state index in [2.05, 4.69) is 0 Å². The molecule has 3 N–H and O–H groups in total. The lowest BCUT2D eigenvalue weighted by atomic mass is 10.1. The Balaban J connectivity index is 2.56. The average Bonchev–Trinajstić information content (AvgIpc) is 2.37. The summed E-state index contributed by atoms with van der Waals surface area (Å²) in [4.78, 5) is 0. The zero-order chi connectivity index (χ0) is 8.27. The normalized spacial score (nSPS) is 13.4. The molecule has 0 aromatic carbocycles. The summed E-state index contributed by atoms with van der Waals surface area (Å²) in [5, 5.41) is 8.66. The van der Waals surface area contributed by atoms with E-state index in [4.69, 9.17) is 15.3 Å². The third kappa shape index (κ3) is 2.06. The molecule has 3 nitrogen and oxygen atoms in total. The fourth-order valence-corrected chi connectivity index (χ4v) is 0.916. The molecule has 1 unspecified atom stereocenters. The third-order valence-electron chi connectivity index (χ3n) is 1.65. The first kappa shape index (κ1) is 8.30. The van der Waals surface area contributed by atoms with E-state index < -0.39 is 0 Å². The monoisotopic (exact) mass is 155 g/mol. The molecule has 0 fully saturated rings. The number of hydrogen-bond acceptors (Lipinski definition) is 3. The van der Waals surface area contributed by atoms with Gasteiger partial charge in [0.25, 0.3) is 0 Å². The highest BCUT2D eigenvalue weighted by molar-refractivity contribution is 5.15. The van der Waals surface area contributed by atoms with Gasteiger partial charge in [-0.25, -0.2) is 0 Å². The van der Waals surface area contributed by atoms with Crippen molar-refractivity contribution in [1.82, 2.24) is 0 Å². The standard InChI is InChI=1S/C8H13NO2/c1-6-2-3-11-8(6)4-7(9)5-10/h2-3,7,10H,4-5,9H2,1H3. The third-order valence-corrected chi connectivity index (χ3v) is 1.65. The Hall–Kier alpha value is -0.800. The first-order chi connectivity index (χ1) is 5.24. The second kappa shape index (κ2) is 3.55. The van der Waals surface area contributed by atoms with Gasteiger partial charge in [0, 0.05) is 12.5 Å². The van der Waals surface area contributed by atoms with E-state index in [0.29, 0.717) is 6.42 Å². The number of rotatable bonds is 3. The van der Waals surface area contributed by atoms with Crippen LogP contribution in [0.15, 0.2) is 16.7 Å². The maximum atomic E-state index is 8.66. The zero-order valence-corrected chi connectivity index (χ0v) is 6.58. The van der Waals surface area contributed by atoms with Crippen molar-refractivity contribution in [3.05, 3.63) is 23.7 Å². The maximum Gasteiger partial charge on any atom is 0.108 e. The predicted octanol–water partition coefficient (Wildman–Crippen LogP) is 0.450. The van der Waals surface area contributed by atoms with E-state index in [9.17, 15) is 0 Å². The molecular weight excluding hydrogens is 142 g/mol. The number of furan rings is 1. The smallest absolute Gasteiger partial charge is 0.108 e. The molecule has 0 bridgehead atoms. The van der Waals surface area contributed by atoms with Crippen LogP contribution >= 0.6 is 0 Å². The largest absolute Gasteiger partial charge is 0.469 e. The minimum atomic E-state index is -0.208. The molecular formula is C8H13NO2.